The molecular formula is C12H12F2N2O4. The van der Waals surface area contributed by atoms with E-state index >= 15 is 0 Å². The molecule has 108 valence electrons. The summed E-state index contributed by atoms with van der Waals surface area (Å²) in [7, 11) is 0. The van der Waals surface area contributed by atoms with E-state index in [0.29, 0.717) is 0 Å². The van der Waals surface area contributed by atoms with Crippen LogP contribution in [0.1, 0.15) is 23.2 Å². The van der Waals surface area contributed by atoms with Crippen LogP contribution in [0, 0.1) is 11.6 Å². The topological polar surface area (TPSA) is 109 Å². The molecule has 0 saturated carbocycles. The van der Waals surface area contributed by atoms with Crippen LogP contribution in [0.2, 0.25) is 0 Å². The summed E-state index contributed by atoms with van der Waals surface area (Å²) in [4.78, 5) is 33.2. The van der Waals surface area contributed by atoms with Crippen LogP contribution in [0.25, 0.3) is 0 Å². The van der Waals surface area contributed by atoms with Gasteiger partial charge in [0.2, 0.25) is 5.91 Å². The number of nitrogens with one attached hydrogen (secondary N) is 1. The number of carboxylic acid groups (broad SMARTS) is 1. The molecular weight excluding hydrogens is 274 g/mol. The summed E-state index contributed by atoms with van der Waals surface area (Å²) in [6, 6.07) is 1.72. The van der Waals surface area contributed by atoms with E-state index in [9.17, 15) is 23.2 Å². The van der Waals surface area contributed by atoms with Gasteiger partial charge in [-0.25, -0.2) is 8.78 Å². The summed E-state index contributed by atoms with van der Waals surface area (Å²) in [6.45, 7) is 0. The van der Waals surface area contributed by atoms with E-state index in [4.69, 9.17) is 10.8 Å². The van der Waals surface area contributed by atoms with Gasteiger partial charge in [0.1, 0.15) is 6.04 Å². The molecule has 0 spiro atoms. The average Bonchev–Trinajstić information content (AvgIpc) is 2.36. The van der Waals surface area contributed by atoms with Crippen LogP contribution in [-0.2, 0) is 9.59 Å². The zero-order valence-corrected chi connectivity index (χ0v) is 10.2. The van der Waals surface area contributed by atoms with Gasteiger partial charge in [-0.2, -0.15) is 0 Å². The maximum atomic E-state index is 13.4. The molecule has 0 aliphatic heterocycles. The summed E-state index contributed by atoms with van der Waals surface area (Å²) in [5, 5.41) is 10.6. The number of primary amides is 1. The minimum Gasteiger partial charge on any atom is -0.481 e. The van der Waals surface area contributed by atoms with Gasteiger partial charge in [-0.3, -0.25) is 14.4 Å². The van der Waals surface area contributed by atoms with Gasteiger partial charge in [-0.05, 0) is 18.6 Å². The largest absolute Gasteiger partial charge is 0.481 e. The van der Waals surface area contributed by atoms with E-state index in [1.807, 2.05) is 0 Å². The maximum Gasteiger partial charge on any atom is 0.303 e. The molecule has 1 aromatic carbocycles. The highest BCUT2D eigenvalue weighted by atomic mass is 19.2. The Kier molecular flexibility index (Phi) is 5.13. The third-order valence-corrected chi connectivity index (χ3v) is 2.49. The van der Waals surface area contributed by atoms with Gasteiger partial charge in [0.25, 0.3) is 5.91 Å². The lowest BCUT2D eigenvalue weighted by Gasteiger charge is -2.14. The number of carboxylic acids is 1. The van der Waals surface area contributed by atoms with Crippen molar-refractivity contribution in [3.05, 3.63) is 35.4 Å². The lowest BCUT2D eigenvalue weighted by molar-refractivity contribution is -0.137. The first kappa shape index (κ1) is 15.5. The number of rotatable bonds is 6. The van der Waals surface area contributed by atoms with Crippen LogP contribution in [-0.4, -0.2) is 28.9 Å². The fraction of sp³-hybridized carbons (Fsp3) is 0.250. The summed E-state index contributed by atoms with van der Waals surface area (Å²) in [5.41, 5.74) is 4.41. The van der Waals surface area contributed by atoms with Crippen molar-refractivity contribution in [3.8, 4) is 0 Å². The number of benzene rings is 1. The second-order valence-corrected chi connectivity index (χ2v) is 3.96. The van der Waals surface area contributed by atoms with E-state index in [1.54, 1.807) is 0 Å². The molecule has 1 aromatic rings. The molecule has 0 unspecified atom stereocenters. The minimum absolute atomic E-state index is 0.243. The van der Waals surface area contributed by atoms with Crippen LogP contribution in [0.15, 0.2) is 18.2 Å². The molecule has 2 amide bonds. The van der Waals surface area contributed by atoms with Crippen LogP contribution < -0.4 is 11.1 Å². The second kappa shape index (κ2) is 6.60. The van der Waals surface area contributed by atoms with Crippen LogP contribution in [0.3, 0.4) is 0 Å². The molecule has 0 aliphatic carbocycles. The molecule has 0 radical (unpaired) electrons. The average molecular weight is 286 g/mol. The molecule has 0 heterocycles. The molecule has 1 atom stereocenters. The summed E-state index contributed by atoms with van der Waals surface area (Å²) < 4.78 is 26.3. The predicted octanol–water partition coefficient (Wildman–Crippen LogP) is 0.413. The highest BCUT2D eigenvalue weighted by Gasteiger charge is 2.22. The summed E-state index contributed by atoms with van der Waals surface area (Å²) >= 11 is 0. The Balaban J connectivity index is 2.83. The van der Waals surface area contributed by atoms with Gasteiger partial charge in [0.15, 0.2) is 11.6 Å². The Bertz CT molecular complexity index is 548. The SMILES string of the molecule is NC(=O)[C@H](CCC(=O)O)NC(=O)c1cccc(F)c1F. The van der Waals surface area contributed by atoms with Crippen LogP contribution >= 0.6 is 0 Å². The third kappa shape index (κ3) is 4.01. The lowest BCUT2D eigenvalue weighted by atomic mass is 10.1. The molecule has 8 heteroatoms. The Labute approximate surface area is 112 Å². The van der Waals surface area contributed by atoms with Crippen molar-refractivity contribution in [1.82, 2.24) is 5.32 Å². The summed E-state index contributed by atoms with van der Waals surface area (Å²) in [6.07, 6.45) is -0.646. The normalized spacial score (nSPS) is 11.7. The van der Waals surface area contributed by atoms with E-state index in [1.165, 1.54) is 0 Å². The Hall–Kier alpha value is -2.51. The Morgan fingerprint density at radius 3 is 2.50 bits per heavy atom. The number of halogens is 2. The second-order valence-electron chi connectivity index (χ2n) is 3.96. The van der Waals surface area contributed by atoms with Crippen molar-refractivity contribution in [2.24, 2.45) is 5.73 Å². The van der Waals surface area contributed by atoms with Crippen molar-refractivity contribution in [3.63, 3.8) is 0 Å². The number of aliphatic carboxylic acids is 1. The van der Waals surface area contributed by atoms with Crippen molar-refractivity contribution in [1.29, 1.82) is 0 Å². The molecule has 0 aromatic heterocycles. The van der Waals surface area contributed by atoms with Gasteiger partial charge in [-0.15, -0.1) is 0 Å². The highest BCUT2D eigenvalue weighted by Crippen LogP contribution is 2.11. The fourth-order valence-electron chi connectivity index (χ4n) is 1.47. The fourth-order valence-corrected chi connectivity index (χ4v) is 1.47. The number of hydrogen-bond acceptors (Lipinski definition) is 3. The first-order chi connectivity index (χ1) is 9.32. The zero-order valence-electron chi connectivity index (χ0n) is 10.2. The molecule has 0 fully saturated rings. The zero-order chi connectivity index (χ0) is 15.3. The van der Waals surface area contributed by atoms with E-state index in [-0.39, 0.29) is 6.42 Å². The Morgan fingerprint density at radius 1 is 1.30 bits per heavy atom. The van der Waals surface area contributed by atoms with Crippen molar-refractivity contribution < 1.29 is 28.3 Å². The molecule has 0 bridgehead atoms. The number of hydrogen-bond donors (Lipinski definition) is 3. The molecule has 0 aliphatic rings. The lowest BCUT2D eigenvalue weighted by Crippen LogP contribution is -2.45. The standard InChI is InChI=1S/C12H12F2N2O4/c13-7-3-1-2-6(10(7)14)12(20)16-8(11(15)19)4-5-9(17)18/h1-3,8H,4-5H2,(H2,15,19)(H,16,20)(H,17,18)/t8-/m0/s1. The number of carbonyl (C=O) groups excluding carboxylic acids is 2. The quantitative estimate of drug-likeness (QED) is 0.703. The highest BCUT2D eigenvalue weighted by molar-refractivity contribution is 5.97. The van der Waals surface area contributed by atoms with Gasteiger partial charge in [0, 0.05) is 6.42 Å². The minimum atomic E-state index is -1.36. The maximum absolute atomic E-state index is 13.4. The smallest absolute Gasteiger partial charge is 0.303 e. The molecule has 1 rings (SSSR count). The van der Waals surface area contributed by atoms with Gasteiger partial charge >= 0.3 is 5.97 Å². The monoisotopic (exact) mass is 286 g/mol. The van der Waals surface area contributed by atoms with E-state index < -0.39 is 47.4 Å². The van der Waals surface area contributed by atoms with Crippen LogP contribution in [0.5, 0.6) is 0 Å². The first-order valence-electron chi connectivity index (χ1n) is 5.59. The van der Waals surface area contributed by atoms with Crippen LogP contribution in [0.4, 0.5) is 8.78 Å². The third-order valence-electron chi connectivity index (χ3n) is 2.49. The van der Waals surface area contributed by atoms with Gasteiger partial charge in [-0.1, -0.05) is 6.07 Å². The number of carbonyl (C=O) groups is 3. The Morgan fingerprint density at radius 2 is 1.95 bits per heavy atom. The molecule has 6 nitrogen and oxygen atoms in total. The predicted molar refractivity (Wildman–Crippen MR) is 63.7 cm³/mol. The molecule has 20 heavy (non-hydrogen) atoms. The number of amides is 2. The van der Waals surface area contributed by atoms with Crippen molar-refractivity contribution in [2.75, 3.05) is 0 Å². The van der Waals surface area contributed by atoms with E-state index in [0.717, 1.165) is 18.2 Å². The first-order valence-corrected chi connectivity index (χ1v) is 5.59. The van der Waals surface area contributed by atoms with Crippen molar-refractivity contribution in [2.45, 2.75) is 18.9 Å². The number of nitrogens with two attached hydrogens (primary N) is 1. The molecule has 4 N–H and O–H groups in total. The van der Waals surface area contributed by atoms with E-state index in [2.05, 4.69) is 5.32 Å². The van der Waals surface area contributed by atoms with Crippen molar-refractivity contribution >= 4 is 17.8 Å². The summed E-state index contributed by atoms with van der Waals surface area (Å²) in [5.74, 6) is -5.75. The van der Waals surface area contributed by atoms with Gasteiger partial charge in [0.05, 0.1) is 5.56 Å². The molecule has 0 saturated heterocycles. The van der Waals surface area contributed by atoms with Gasteiger partial charge < -0.3 is 16.2 Å².